The SMILES string of the molecule is CCCCCCCCOc1ccc(C)cc1OS(=O)Nc1ccc(OCCOC)c(OS(=O)NC(C)(C)c2nnc3cc(C(C)(C)C)[nH]n23)c1. The van der Waals surface area contributed by atoms with Gasteiger partial charge in [-0.15, -0.1) is 10.2 Å². The Morgan fingerprint density at radius 3 is 2.16 bits per heavy atom. The average Bonchev–Trinajstić information content (AvgIpc) is 3.64. The van der Waals surface area contributed by atoms with Crippen LogP contribution in [0.25, 0.3) is 5.65 Å². The van der Waals surface area contributed by atoms with Gasteiger partial charge in [-0.3, -0.25) is 9.82 Å². The van der Waals surface area contributed by atoms with Gasteiger partial charge in [0, 0.05) is 30.4 Å². The molecule has 0 aliphatic carbocycles. The van der Waals surface area contributed by atoms with E-state index in [0.29, 0.717) is 47.6 Å². The summed E-state index contributed by atoms with van der Waals surface area (Å²) in [5, 5.41) is 12.0. The standard InChI is InChI=1S/C35H52N6O7S2/c1-9-10-11-12-13-14-19-45-27-17-15-25(2)22-29(27)47-49(42)39-26-16-18-28(46-21-20-44-8)30(23-26)48-50(43)40-35(6,7)33-37-36-32-24-31(34(3,4)5)38-41(32)33/h15-18,22-24,38-40H,9-14,19-21H2,1-8H3. The minimum Gasteiger partial charge on any atom is -0.490 e. The molecule has 4 aromatic rings. The van der Waals surface area contributed by atoms with Gasteiger partial charge >= 0.3 is 11.3 Å². The molecular weight excluding hydrogens is 681 g/mol. The molecule has 13 nitrogen and oxygen atoms in total. The van der Waals surface area contributed by atoms with Crippen molar-refractivity contribution in [2.24, 2.45) is 0 Å². The van der Waals surface area contributed by atoms with Gasteiger partial charge < -0.3 is 22.6 Å². The smallest absolute Gasteiger partial charge is 0.316 e. The van der Waals surface area contributed by atoms with Crippen LogP contribution < -0.4 is 27.3 Å². The number of H-pyrrole nitrogens is 1. The summed E-state index contributed by atoms with van der Waals surface area (Å²) in [7, 11) is 1.57. The Balaban J connectivity index is 1.44. The molecule has 0 fully saturated rings. The lowest BCUT2D eigenvalue weighted by molar-refractivity contribution is 0.145. The van der Waals surface area contributed by atoms with Crippen LogP contribution in [0.1, 0.15) is 97.1 Å². The molecule has 0 radical (unpaired) electrons. The van der Waals surface area contributed by atoms with E-state index in [4.69, 9.17) is 22.6 Å². The maximum Gasteiger partial charge on any atom is 0.316 e. The predicted molar refractivity (Wildman–Crippen MR) is 197 cm³/mol. The van der Waals surface area contributed by atoms with Gasteiger partial charge in [0.25, 0.3) is 11.3 Å². The normalized spacial score (nSPS) is 13.3. The van der Waals surface area contributed by atoms with E-state index in [1.54, 1.807) is 29.8 Å². The van der Waals surface area contributed by atoms with Crippen LogP contribution in [0.15, 0.2) is 42.5 Å². The molecule has 0 aliphatic heterocycles. The molecule has 3 N–H and O–H groups in total. The third kappa shape index (κ3) is 11.2. The predicted octanol–water partition coefficient (Wildman–Crippen LogP) is 6.98. The Morgan fingerprint density at radius 1 is 0.780 bits per heavy atom. The average molecular weight is 733 g/mol. The van der Waals surface area contributed by atoms with Crippen molar-refractivity contribution in [2.75, 3.05) is 31.7 Å². The molecule has 0 saturated heterocycles. The summed E-state index contributed by atoms with van der Waals surface area (Å²) in [6, 6.07) is 12.3. The van der Waals surface area contributed by atoms with Crippen LogP contribution in [0.5, 0.6) is 23.0 Å². The Kier molecular flexibility index (Phi) is 14.1. The number of aryl methyl sites for hydroxylation is 1. The number of methoxy groups -OCH3 is 1. The van der Waals surface area contributed by atoms with E-state index in [2.05, 4.69) is 52.4 Å². The maximum absolute atomic E-state index is 13.4. The second kappa shape index (κ2) is 18.0. The molecule has 15 heteroatoms. The molecule has 276 valence electrons. The number of rotatable bonds is 21. The lowest BCUT2D eigenvalue weighted by Gasteiger charge is -2.23. The molecule has 2 aromatic carbocycles. The van der Waals surface area contributed by atoms with E-state index in [9.17, 15) is 8.42 Å². The molecule has 4 rings (SSSR count). The zero-order valence-corrected chi connectivity index (χ0v) is 32.1. The second-order valence-corrected chi connectivity index (χ2v) is 15.4. The van der Waals surface area contributed by atoms with Crippen molar-refractivity contribution in [3.05, 3.63) is 59.5 Å². The fraction of sp³-hybridized carbons (Fsp3) is 0.543. The second-order valence-electron chi connectivity index (χ2n) is 13.7. The van der Waals surface area contributed by atoms with Crippen molar-refractivity contribution in [1.29, 1.82) is 0 Å². The first-order valence-electron chi connectivity index (χ1n) is 17.0. The molecule has 0 amide bonds. The monoisotopic (exact) mass is 732 g/mol. The van der Waals surface area contributed by atoms with Gasteiger partial charge in [0.2, 0.25) is 0 Å². The van der Waals surface area contributed by atoms with E-state index in [-0.39, 0.29) is 17.8 Å². The summed E-state index contributed by atoms with van der Waals surface area (Å²) in [5.74, 6) is 1.87. The number of hydrogen-bond acceptors (Lipinski definition) is 9. The number of ether oxygens (including phenoxy) is 3. The number of fused-ring (bicyclic) bond motifs is 1. The van der Waals surface area contributed by atoms with Crippen molar-refractivity contribution in [1.82, 2.24) is 24.5 Å². The zero-order chi connectivity index (χ0) is 36.3. The first kappa shape index (κ1) is 39.1. The fourth-order valence-corrected chi connectivity index (χ4v) is 6.48. The molecule has 2 aromatic heterocycles. The van der Waals surface area contributed by atoms with Gasteiger partial charge in [-0.25, -0.2) is 4.52 Å². The summed E-state index contributed by atoms with van der Waals surface area (Å²) in [6.07, 6.45) is 6.90. The number of unbranched alkanes of at least 4 members (excludes halogenated alkanes) is 5. The van der Waals surface area contributed by atoms with Crippen molar-refractivity contribution in [3.8, 4) is 23.0 Å². The van der Waals surface area contributed by atoms with Gasteiger partial charge in [-0.1, -0.05) is 65.9 Å². The first-order valence-corrected chi connectivity index (χ1v) is 19.1. The van der Waals surface area contributed by atoms with Crippen LogP contribution >= 0.6 is 0 Å². The van der Waals surface area contributed by atoms with Crippen LogP contribution in [-0.4, -0.2) is 55.2 Å². The molecule has 0 aliphatic rings. The van der Waals surface area contributed by atoms with Crippen LogP contribution in [-0.2, 0) is 38.2 Å². The molecule has 50 heavy (non-hydrogen) atoms. The van der Waals surface area contributed by atoms with Crippen molar-refractivity contribution < 1.29 is 31.0 Å². The quantitative estimate of drug-likeness (QED) is 0.0772. The number of anilines is 1. The lowest BCUT2D eigenvalue weighted by Crippen LogP contribution is -2.41. The number of aromatic nitrogens is 4. The highest BCUT2D eigenvalue weighted by atomic mass is 32.2. The fourth-order valence-electron chi connectivity index (χ4n) is 4.98. The number of nitrogens with zero attached hydrogens (tertiary/aromatic N) is 3. The highest BCUT2D eigenvalue weighted by Crippen LogP contribution is 2.34. The largest absolute Gasteiger partial charge is 0.490 e. The Bertz CT molecular complexity index is 1730. The highest BCUT2D eigenvalue weighted by molar-refractivity contribution is 7.82. The van der Waals surface area contributed by atoms with E-state index in [1.807, 2.05) is 39.0 Å². The zero-order valence-electron chi connectivity index (χ0n) is 30.4. The van der Waals surface area contributed by atoms with Crippen LogP contribution in [0.4, 0.5) is 5.69 Å². The minimum atomic E-state index is -2.07. The van der Waals surface area contributed by atoms with Crippen LogP contribution in [0.3, 0.4) is 0 Å². The van der Waals surface area contributed by atoms with Gasteiger partial charge in [0.1, 0.15) is 6.61 Å². The summed E-state index contributed by atoms with van der Waals surface area (Å²) < 4.78 is 62.8. The Labute approximate surface area is 300 Å². The minimum absolute atomic E-state index is 0.127. The third-order valence-electron chi connectivity index (χ3n) is 7.77. The van der Waals surface area contributed by atoms with Gasteiger partial charge in [-0.2, -0.15) is 13.1 Å². The number of aromatic amines is 1. The van der Waals surface area contributed by atoms with E-state index < -0.39 is 28.1 Å². The summed E-state index contributed by atoms with van der Waals surface area (Å²) in [5.41, 5.74) is 1.90. The van der Waals surface area contributed by atoms with Crippen LogP contribution in [0, 0.1) is 6.92 Å². The van der Waals surface area contributed by atoms with E-state index in [0.717, 1.165) is 24.1 Å². The molecule has 0 bridgehead atoms. The van der Waals surface area contributed by atoms with Gasteiger partial charge in [-0.05, 0) is 57.0 Å². The first-order chi connectivity index (χ1) is 23.8. The van der Waals surface area contributed by atoms with E-state index in [1.165, 1.54) is 31.7 Å². The van der Waals surface area contributed by atoms with Crippen molar-refractivity contribution >= 4 is 33.9 Å². The van der Waals surface area contributed by atoms with Gasteiger partial charge in [0.15, 0.2) is 34.5 Å². The molecule has 2 unspecified atom stereocenters. The summed E-state index contributed by atoms with van der Waals surface area (Å²) in [4.78, 5) is 0. The Morgan fingerprint density at radius 2 is 1.44 bits per heavy atom. The molecule has 2 heterocycles. The van der Waals surface area contributed by atoms with Crippen molar-refractivity contribution in [2.45, 2.75) is 97.9 Å². The summed E-state index contributed by atoms with van der Waals surface area (Å²) >= 11 is -4.07. The summed E-state index contributed by atoms with van der Waals surface area (Å²) in [6.45, 7) is 15.2. The Hall–Kier alpha value is -3.66. The molecule has 2 atom stereocenters. The van der Waals surface area contributed by atoms with Crippen LogP contribution in [0.2, 0.25) is 0 Å². The molecular formula is C35H52N6O7S2. The number of benzene rings is 2. The lowest BCUT2D eigenvalue weighted by atomic mass is 9.93. The van der Waals surface area contributed by atoms with Crippen molar-refractivity contribution in [3.63, 3.8) is 0 Å². The third-order valence-corrected chi connectivity index (χ3v) is 9.52. The van der Waals surface area contributed by atoms with E-state index >= 15 is 0 Å². The topological polar surface area (TPSA) is 150 Å². The number of nitrogens with one attached hydrogen (secondary N) is 3. The highest BCUT2D eigenvalue weighted by Gasteiger charge is 2.31. The maximum atomic E-state index is 13.4. The number of hydrogen-bond donors (Lipinski definition) is 3. The molecule has 0 saturated carbocycles. The van der Waals surface area contributed by atoms with Gasteiger partial charge in [0.05, 0.1) is 24.4 Å². The molecule has 0 spiro atoms.